The lowest BCUT2D eigenvalue weighted by Gasteiger charge is -2.20. The number of ether oxygens (including phenoxy) is 1. The zero-order chi connectivity index (χ0) is 14.7. The van der Waals surface area contributed by atoms with Crippen LogP contribution in [-0.4, -0.2) is 24.6 Å². The molecule has 4 nitrogen and oxygen atoms in total. The van der Waals surface area contributed by atoms with E-state index >= 15 is 0 Å². The van der Waals surface area contributed by atoms with Gasteiger partial charge in [0.15, 0.2) is 6.10 Å². The maximum atomic E-state index is 12.1. The van der Waals surface area contributed by atoms with Crippen LogP contribution in [0.3, 0.4) is 0 Å². The van der Waals surface area contributed by atoms with Crippen LogP contribution in [-0.2, 0) is 4.79 Å². The number of hydrogen-bond donors (Lipinski definition) is 2. The SMILES string of the molecule is CC(Oc1cc(Cl)cc(Cl)c1)C(=O)NC(CN)C1CC1.Cl. The number of hydrogen-bond acceptors (Lipinski definition) is 3. The number of nitrogens with two attached hydrogens (primary N) is 1. The molecule has 1 aliphatic rings. The highest BCUT2D eigenvalue weighted by Crippen LogP contribution is 2.32. The number of carbonyl (C=O) groups is 1. The average Bonchev–Trinajstić information content (AvgIpc) is 3.18. The van der Waals surface area contributed by atoms with Crippen molar-refractivity contribution in [1.82, 2.24) is 5.32 Å². The summed E-state index contributed by atoms with van der Waals surface area (Å²) in [7, 11) is 0. The molecule has 1 aliphatic carbocycles. The molecular weight excluding hydrogens is 335 g/mol. The molecule has 1 saturated carbocycles. The molecule has 0 aromatic heterocycles. The van der Waals surface area contributed by atoms with Crippen molar-refractivity contribution in [2.24, 2.45) is 11.7 Å². The fraction of sp³-hybridized carbons (Fsp3) is 0.500. The number of halogens is 3. The van der Waals surface area contributed by atoms with Crippen molar-refractivity contribution < 1.29 is 9.53 Å². The topological polar surface area (TPSA) is 64.3 Å². The first kappa shape index (κ1) is 18.4. The fourth-order valence-corrected chi connectivity index (χ4v) is 2.53. The summed E-state index contributed by atoms with van der Waals surface area (Å²) in [5.74, 6) is 0.807. The Bertz CT molecular complexity index is 475. The molecule has 2 unspecified atom stereocenters. The predicted octanol–water partition coefficient (Wildman–Crippen LogP) is 3.04. The third-order valence-corrected chi connectivity index (χ3v) is 3.73. The molecule has 1 aromatic rings. The highest BCUT2D eigenvalue weighted by atomic mass is 35.5. The lowest BCUT2D eigenvalue weighted by molar-refractivity contribution is -0.128. The van der Waals surface area contributed by atoms with E-state index in [1.54, 1.807) is 25.1 Å². The van der Waals surface area contributed by atoms with Gasteiger partial charge in [0.1, 0.15) is 5.75 Å². The van der Waals surface area contributed by atoms with Gasteiger partial charge in [-0.1, -0.05) is 23.2 Å². The van der Waals surface area contributed by atoms with E-state index in [9.17, 15) is 4.79 Å². The summed E-state index contributed by atoms with van der Waals surface area (Å²) < 4.78 is 5.56. The second-order valence-corrected chi connectivity index (χ2v) is 5.93. The van der Waals surface area contributed by atoms with E-state index in [1.165, 1.54) is 0 Å². The zero-order valence-electron chi connectivity index (χ0n) is 11.6. The molecule has 0 heterocycles. The molecule has 0 aliphatic heterocycles. The molecule has 1 aromatic carbocycles. The molecular formula is C14H19Cl3N2O2. The lowest BCUT2D eigenvalue weighted by Crippen LogP contribution is -2.46. The molecule has 0 bridgehead atoms. The fourth-order valence-electron chi connectivity index (χ4n) is 2.02. The summed E-state index contributed by atoms with van der Waals surface area (Å²) in [5.41, 5.74) is 5.66. The molecule has 1 fully saturated rings. The highest BCUT2D eigenvalue weighted by Gasteiger charge is 2.32. The number of benzene rings is 1. The zero-order valence-corrected chi connectivity index (χ0v) is 14.0. The minimum Gasteiger partial charge on any atom is -0.481 e. The molecule has 0 radical (unpaired) electrons. The molecule has 2 atom stereocenters. The van der Waals surface area contributed by atoms with Crippen molar-refractivity contribution in [2.75, 3.05) is 6.54 Å². The van der Waals surface area contributed by atoms with Crippen molar-refractivity contribution >= 4 is 41.5 Å². The third kappa shape index (κ3) is 5.55. The molecule has 21 heavy (non-hydrogen) atoms. The Kier molecular flexibility index (Phi) is 7.07. The molecule has 1 amide bonds. The predicted molar refractivity (Wildman–Crippen MR) is 87.5 cm³/mol. The molecule has 118 valence electrons. The summed E-state index contributed by atoms with van der Waals surface area (Å²) >= 11 is 11.8. The molecule has 7 heteroatoms. The number of amides is 1. The normalized spacial score (nSPS) is 16.6. The van der Waals surface area contributed by atoms with Crippen LogP contribution >= 0.6 is 35.6 Å². The van der Waals surface area contributed by atoms with Gasteiger partial charge in [0.2, 0.25) is 0 Å². The van der Waals surface area contributed by atoms with Crippen LogP contribution in [0.1, 0.15) is 19.8 Å². The van der Waals surface area contributed by atoms with Crippen molar-refractivity contribution in [3.63, 3.8) is 0 Å². The van der Waals surface area contributed by atoms with E-state index in [-0.39, 0.29) is 24.4 Å². The van der Waals surface area contributed by atoms with Crippen LogP contribution in [0.4, 0.5) is 0 Å². The molecule has 2 rings (SSSR count). The Morgan fingerprint density at radius 3 is 2.43 bits per heavy atom. The van der Waals surface area contributed by atoms with Gasteiger partial charge >= 0.3 is 0 Å². The smallest absolute Gasteiger partial charge is 0.261 e. The van der Waals surface area contributed by atoms with E-state index in [2.05, 4.69) is 5.32 Å². The van der Waals surface area contributed by atoms with Crippen molar-refractivity contribution in [3.05, 3.63) is 28.2 Å². The van der Waals surface area contributed by atoms with E-state index in [4.69, 9.17) is 33.7 Å². The summed E-state index contributed by atoms with van der Waals surface area (Å²) in [6, 6.07) is 4.89. The Morgan fingerprint density at radius 1 is 1.38 bits per heavy atom. The van der Waals surface area contributed by atoms with Crippen molar-refractivity contribution in [1.29, 1.82) is 0 Å². The Morgan fingerprint density at radius 2 is 1.95 bits per heavy atom. The number of rotatable bonds is 6. The van der Waals surface area contributed by atoms with Gasteiger partial charge in [-0.2, -0.15) is 0 Å². The van der Waals surface area contributed by atoms with Crippen LogP contribution in [0, 0.1) is 5.92 Å². The maximum absolute atomic E-state index is 12.1. The first-order chi connectivity index (χ1) is 9.49. The van der Waals surface area contributed by atoms with Gasteiger partial charge in [-0.05, 0) is 43.9 Å². The highest BCUT2D eigenvalue weighted by molar-refractivity contribution is 6.34. The van der Waals surface area contributed by atoms with E-state index in [0.717, 1.165) is 12.8 Å². The molecule has 3 N–H and O–H groups in total. The van der Waals surface area contributed by atoms with Crippen molar-refractivity contribution in [3.8, 4) is 5.75 Å². The van der Waals surface area contributed by atoms with Gasteiger partial charge in [-0.3, -0.25) is 4.79 Å². The second kappa shape index (κ2) is 8.08. The standard InChI is InChI=1S/C14H18Cl2N2O2.ClH/c1-8(14(19)18-13(7-17)9-2-3-9)20-12-5-10(15)4-11(16)6-12;/h4-6,8-9,13H,2-3,7,17H2,1H3,(H,18,19);1H. The van der Waals surface area contributed by atoms with Gasteiger partial charge in [-0.15, -0.1) is 12.4 Å². The first-order valence-electron chi connectivity index (χ1n) is 6.62. The quantitative estimate of drug-likeness (QED) is 0.826. The van der Waals surface area contributed by atoms with Gasteiger partial charge < -0.3 is 15.8 Å². The third-order valence-electron chi connectivity index (χ3n) is 3.29. The lowest BCUT2D eigenvalue weighted by atomic mass is 10.2. The van der Waals surface area contributed by atoms with E-state index in [1.807, 2.05) is 0 Å². The molecule has 0 saturated heterocycles. The van der Waals surface area contributed by atoms with Gasteiger partial charge in [-0.25, -0.2) is 0 Å². The molecule has 0 spiro atoms. The minimum absolute atomic E-state index is 0. The second-order valence-electron chi connectivity index (χ2n) is 5.05. The van der Waals surface area contributed by atoms with Crippen LogP contribution < -0.4 is 15.8 Å². The van der Waals surface area contributed by atoms with Gasteiger partial charge in [0.05, 0.1) is 0 Å². The average molecular weight is 354 g/mol. The Balaban J connectivity index is 0.00000220. The summed E-state index contributed by atoms with van der Waals surface area (Å²) in [4.78, 5) is 12.1. The van der Waals surface area contributed by atoms with Gasteiger partial charge in [0, 0.05) is 22.6 Å². The first-order valence-corrected chi connectivity index (χ1v) is 7.38. The summed E-state index contributed by atoms with van der Waals surface area (Å²) in [6.45, 7) is 2.14. The number of nitrogens with one attached hydrogen (secondary N) is 1. The monoisotopic (exact) mass is 352 g/mol. The maximum Gasteiger partial charge on any atom is 0.261 e. The van der Waals surface area contributed by atoms with Crippen LogP contribution in [0.15, 0.2) is 18.2 Å². The number of carbonyl (C=O) groups excluding carboxylic acids is 1. The van der Waals surface area contributed by atoms with E-state index in [0.29, 0.717) is 28.3 Å². The Hall–Kier alpha value is -0.680. The largest absolute Gasteiger partial charge is 0.481 e. The van der Waals surface area contributed by atoms with Crippen LogP contribution in [0.2, 0.25) is 10.0 Å². The van der Waals surface area contributed by atoms with Crippen LogP contribution in [0.25, 0.3) is 0 Å². The van der Waals surface area contributed by atoms with Gasteiger partial charge in [0.25, 0.3) is 5.91 Å². The Labute approximate surface area is 140 Å². The van der Waals surface area contributed by atoms with Crippen molar-refractivity contribution in [2.45, 2.75) is 31.9 Å². The minimum atomic E-state index is -0.627. The van der Waals surface area contributed by atoms with E-state index < -0.39 is 6.10 Å². The summed E-state index contributed by atoms with van der Waals surface area (Å²) in [6.07, 6.45) is 1.63. The van der Waals surface area contributed by atoms with Crippen LogP contribution in [0.5, 0.6) is 5.75 Å². The summed E-state index contributed by atoms with van der Waals surface area (Å²) in [5, 5.41) is 3.86.